The molecule has 0 atom stereocenters. The average molecular weight is 362 g/mol. The van der Waals surface area contributed by atoms with Crippen LogP contribution in [0.2, 0.25) is 0 Å². The topological polar surface area (TPSA) is 53.5 Å². The van der Waals surface area contributed by atoms with Gasteiger partial charge in [-0.05, 0) is 61.5 Å². The Hall–Kier alpha value is -3.34. The molecule has 5 nitrogen and oxygen atoms in total. The molecule has 138 valence electrons. The molecule has 0 fully saturated rings. The van der Waals surface area contributed by atoms with Gasteiger partial charge >= 0.3 is 0 Å². The standard InChI is InChI=1S/C22H22N2O3/c1-5-19-21(27-6-2)20(15-7-11-17(25-3)12-8-15)24-22(23-19)16-9-13-18(26-4)14-10-16/h5,7-14H,1,6H2,2-4H3. The average Bonchev–Trinajstić information content (AvgIpc) is 2.74. The fourth-order valence-corrected chi connectivity index (χ4v) is 2.71. The van der Waals surface area contributed by atoms with Gasteiger partial charge < -0.3 is 14.2 Å². The molecule has 0 bridgehead atoms. The summed E-state index contributed by atoms with van der Waals surface area (Å²) >= 11 is 0. The number of rotatable bonds is 7. The second-order valence-corrected chi connectivity index (χ2v) is 5.70. The van der Waals surface area contributed by atoms with E-state index in [4.69, 9.17) is 19.2 Å². The fourth-order valence-electron chi connectivity index (χ4n) is 2.71. The van der Waals surface area contributed by atoms with E-state index >= 15 is 0 Å². The van der Waals surface area contributed by atoms with Crippen molar-refractivity contribution in [2.75, 3.05) is 20.8 Å². The van der Waals surface area contributed by atoms with E-state index in [2.05, 4.69) is 11.6 Å². The van der Waals surface area contributed by atoms with Crippen LogP contribution in [0.4, 0.5) is 0 Å². The molecule has 0 aliphatic heterocycles. The number of methoxy groups -OCH3 is 2. The lowest BCUT2D eigenvalue weighted by Crippen LogP contribution is -2.03. The van der Waals surface area contributed by atoms with Gasteiger partial charge in [0.15, 0.2) is 11.6 Å². The summed E-state index contributed by atoms with van der Waals surface area (Å²) in [6.07, 6.45) is 1.69. The molecule has 3 aromatic rings. The Kier molecular flexibility index (Phi) is 5.71. The first-order chi connectivity index (χ1) is 13.2. The minimum atomic E-state index is 0.509. The number of benzene rings is 2. The smallest absolute Gasteiger partial charge is 0.171 e. The maximum atomic E-state index is 5.85. The second kappa shape index (κ2) is 8.36. The number of nitrogens with zero attached hydrogens (tertiary/aromatic N) is 2. The Morgan fingerprint density at radius 3 is 1.89 bits per heavy atom. The van der Waals surface area contributed by atoms with E-state index in [-0.39, 0.29) is 0 Å². The first-order valence-corrected chi connectivity index (χ1v) is 8.66. The molecule has 0 amide bonds. The zero-order valence-corrected chi connectivity index (χ0v) is 15.7. The van der Waals surface area contributed by atoms with Crippen LogP contribution >= 0.6 is 0 Å². The molecule has 0 N–H and O–H groups in total. The molecule has 27 heavy (non-hydrogen) atoms. The molecule has 3 rings (SSSR count). The van der Waals surface area contributed by atoms with Crippen LogP contribution in [-0.4, -0.2) is 30.8 Å². The van der Waals surface area contributed by atoms with Gasteiger partial charge in [-0.1, -0.05) is 6.58 Å². The molecule has 0 saturated carbocycles. The van der Waals surface area contributed by atoms with Crippen molar-refractivity contribution in [1.29, 1.82) is 0 Å². The van der Waals surface area contributed by atoms with E-state index in [1.54, 1.807) is 20.3 Å². The van der Waals surface area contributed by atoms with E-state index in [1.165, 1.54) is 0 Å². The maximum Gasteiger partial charge on any atom is 0.171 e. The third-order valence-electron chi connectivity index (χ3n) is 4.09. The minimum Gasteiger partial charge on any atom is -0.497 e. The van der Waals surface area contributed by atoms with Gasteiger partial charge in [0.2, 0.25) is 0 Å². The van der Waals surface area contributed by atoms with Crippen LogP contribution in [0.5, 0.6) is 17.2 Å². The molecule has 0 saturated heterocycles. The predicted octanol–water partition coefficient (Wildman–Crippen LogP) is 4.87. The Morgan fingerprint density at radius 1 is 0.852 bits per heavy atom. The Bertz CT molecular complexity index is 920. The van der Waals surface area contributed by atoms with Crippen LogP contribution in [0.25, 0.3) is 28.7 Å². The van der Waals surface area contributed by atoms with Gasteiger partial charge in [0.05, 0.1) is 20.8 Å². The van der Waals surface area contributed by atoms with E-state index < -0.39 is 0 Å². The Labute approximate surface area is 159 Å². The van der Waals surface area contributed by atoms with Crippen molar-refractivity contribution in [3.05, 3.63) is 60.8 Å². The second-order valence-electron chi connectivity index (χ2n) is 5.70. The summed E-state index contributed by atoms with van der Waals surface area (Å²) in [5.74, 6) is 2.78. The lowest BCUT2D eigenvalue weighted by atomic mass is 10.1. The third-order valence-corrected chi connectivity index (χ3v) is 4.09. The van der Waals surface area contributed by atoms with Gasteiger partial charge in [-0.2, -0.15) is 0 Å². The van der Waals surface area contributed by atoms with Crippen LogP contribution < -0.4 is 14.2 Å². The zero-order valence-electron chi connectivity index (χ0n) is 15.7. The van der Waals surface area contributed by atoms with Crippen molar-refractivity contribution in [1.82, 2.24) is 9.97 Å². The summed E-state index contributed by atoms with van der Waals surface area (Å²) < 4.78 is 16.3. The summed E-state index contributed by atoms with van der Waals surface area (Å²) in [5, 5.41) is 0. The quantitative estimate of drug-likeness (QED) is 0.600. The third kappa shape index (κ3) is 3.92. The van der Waals surface area contributed by atoms with Crippen molar-refractivity contribution < 1.29 is 14.2 Å². The van der Waals surface area contributed by atoms with Gasteiger partial charge in [0.25, 0.3) is 0 Å². The summed E-state index contributed by atoms with van der Waals surface area (Å²) in [6.45, 7) is 6.33. The molecule has 5 heteroatoms. The number of aromatic nitrogens is 2. The van der Waals surface area contributed by atoms with E-state index in [0.717, 1.165) is 28.3 Å². The van der Waals surface area contributed by atoms with Crippen molar-refractivity contribution in [2.45, 2.75) is 6.92 Å². The molecule has 2 aromatic carbocycles. The SMILES string of the molecule is C=Cc1nc(-c2ccc(OC)cc2)nc(-c2ccc(OC)cc2)c1OCC. The molecule has 0 spiro atoms. The first kappa shape index (κ1) is 18.5. The maximum absolute atomic E-state index is 5.85. The fraction of sp³-hybridized carbons (Fsp3) is 0.182. The van der Waals surface area contributed by atoms with Crippen molar-refractivity contribution in [3.63, 3.8) is 0 Å². The predicted molar refractivity (Wildman–Crippen MR) is 107 cm³/mol. The summed E-state index contributed by atoms with van der Waals surface area (Å²) in [6, 6.07) is 15.3. The molecule has 0 radical (unpaired) electrons. The van der Waals surface area contributed by atoms with Crippen LogP contribution in [-0.2, 0) is 0 Å². The highest BCUT2D eigenvalue weighted by molar-refractivity contribution is 5.74. The molecule has 0 aliphatic carbocycles. The summed E-state index contributed by atoms with van der Waals surface area (Å²) in [5.41, 5.74) is 3.18. The number of hydrogen-bond donors (Lipinski definition) is 0. The van der Waals surface area contributed by atoms with Crippen LogP contribution in [0, 0.1) is 0 Å². The molecular weight excluding hydrogens is 340 g/mol. The van der Waals surface area contributed by atoms with Crippen LogP contribution in [0.3, 0.4) is 0 Å². The first-order valence-electron chi connectivity index (χ1n) is 8.66. The lowest BCUT2D eigenvalue weighted by molar-refractivity contribution is 0.338. The van der Waals surface area contributed by atoms with Crippen LogP contribution in [0.15, 0.2) is 55.1 Å². The number of hydrogen-bond acceptors (Lipinski definition) is 5. The number of ether oxygens (including phenoxy) is 3. The van der Waals surface area contributed by atoms with Gasteiger partial charge in [-0.15, -0.1) is 0 Å². The molecule has 0 unspecified atom stereocenters. The normalized spacial score (nSPS) is 10.3. The molecule has 0 aliphatic rings. The van der Waals surface area contributed by atoms with Crippen molar-refractivity contribution in [2.24, 2.45) is 0 Å². The van der Waals surface area contributed by atoms with E-state index in [0.29, 0.717) is 23.9 Å². The molecular formula is C22H22N2O3. The lowest BCUT2D eigenvalue weighted by Gasteiger charge is -2.14. The molecule has 1 aromatic heterocycles. The van der Waals surface area contributed by atoms with Gasteiger partial charge in [0, 0.05) is 11.1 Å². The van der Waals surface area contributed by atoms with Crippen molar-refractivity contribution >= 4 is 6.08 Å². The van der Waals surface area contributed by atoms with Gasteiger partial charge in [-0.25, -0.2) is 9.97 Å². The van der Waals surface area contributed by atoms with Crippen molar-refractivity contribution in [3.8, 4) is 39.9 Å². The highest BCUT2D eigenvalue weighted by Gasteiger charge is 2.17. The molecule has 1 heterocycles. The highest BCUT2D eigenvalue weighted by Crippen LogP contribution is 2.34. The Balaban J connectivity index is 2.16. The summed E-state index contributed by atoms with van der Waals surface area (Å²) in [4.78, 5) is 9.42. The Morgan fingerprint density at radius 2 is 1.41 bits per heavy atom. The monoisotopic (exact) mass is 362 g/mol. The summed E-state index contributed by atoms with van der Waals surface area (Å²) in [7, 11) is 3.28. The van der Waals surface area contributed by atoms with Gasteiger partial charge in [-0.3, -0.25) is 0 Å². The minimum absolute atomic E-state index is 0.509. The highest BCUT2D eigenvalue weighted by atomic mass is 16.5. The van der Waals surface area contributed by atoms with E-state index in [1.807, 2.05) is 55.5 Å². The zero-order chi connectivity index (χ0) is 19.2. The van der Waals surface area contributed by atoms with Gasteiger partial charge in [0.1, 0.15) is 22.9 Å². The van der Waals surface area contributed by atoms with Crippen LogP contribution in [0.1, 0.15) is 12.6 Å². The largest absolute Gasteiger partial charge is 0.497 e. The van der Waals surface area contributed by atoms with E-state index in [9.17, 15) is 0 Å².